The number of aldehydes is 1. The van der Waals surface area contributed by atoms with Gasteiger partial charge < -0.3 is 14.3 Å². The van der Waals surface area contributed by atoms with Gasteiger partial charge in [-0.3, -0.25) is 0 Å². The molecule has 0 radical (unpaired) electrons. The fourth-order valence-electron chi connectivity index (χ4n) is 1.01. The van der Waals surface area contributed by atoms with E-state index in [1.165, 1.54) is 7.11 Å². The number of hydrogen-bond acceptors (Lipinski definition) is 4. The molecule has 0 fully saturated rings. The van der Waals surface area contributed by atoms with Crippen LogP contribution < -0.4 is 0 Å². The van der Waals surface area contributed by atoms with Crippen LogP contribution in [0.15, 0.2) is 0 Å². The van der Waals surface area contributed by atoms with Gasteiger partial charge in [-0.2, -0.15) is 0 Å². The minimum absolute atomic E-state index is 0.454. The van der Waals surface area contributed by atoms with E-state index in [0.717, 1.165) is 6.29 Å². The lowest BCUT2D eigenvalue weighted by molar-refractivity contribution is -0.108. The minimum Gasteiger partial charge on any atom is -0.438 e. The van der Waals surface area contributed by atoms with Crippen LogP contribution in [0.5, 0.6) is 0 Å². The van der Waals surface area contributed by atoms with Crippen molar-refractivity contribution in [1.82, 2.24) is 0 Å². The number of carbonyl (C=O) groups excluding carboxylic acids is 2. The van der Waals surface area contributed by atoms with Crippen LogP contribution >= 0.6 is 0 Å². The van der Waals surface area contributed by atoms with E-state index in [4.69, 9.17) is 4.74 Å². The van der Waals surface area contributed by atoms with E-state index >= 15 is 0 Å². The highest BCUT2D eigenvalue weighted by Gasteiger charge is 2.14. The highest BCUT2D eigenvalue weighted by Crippen LogP contribution is 2.06. The normalized spacial score (nSPS) is 12.0. The summed E-state index contributed by atoms with van der Waals surface area (Å²) in [6.07, 6.45) is 1.31. The molecule has 0 aliphatic rings. The van der Waals surface area contributed by atoms with Gasteiger partial charge >= 0.3 is 6.16 Å². The summed E-state index contributed by atoms with van der Waals surface area (Å²) in [5.41, 5.74) is 3.15. The molecule has 1 atom stereocenters. The van der Waals surface area contributed by atoms with Crippen molar-refractivity contribution in [2.45, 2.75) is 45.0 Å². The van der Waals surface area contributed by atoms with E-state index in [2.05, 4.69) is 35.8 Å². The highest BCUT2D eigenvalue weighted by atomic mass is 28.3. The summed E-state index contributed by atoms with van der Waals surface area (Å²) in [6, 6.07) is 0. The molecular formula is C12H20O4Si. The zero-order valence-corrected chi connectivity index (χ0v) is 11.9. The van der Waals surface area contributed by atoms with Crippen molar-refractivity contribution in [2.75, 3.05) is 7.11 Å². The lowest BCUT2D eigenvalue weighted by atomic mass is 10.2. The van der Waals surface area contributed by atoms with Crippen molar-refractivity contribution < 1.29 is 19.1 Å². The third-order valence-electron chi connectivity index (χ3n) is 1.80. The third-order valence-corrected chi connectivity index (χ3v) is 2.70. The van der Waals surface area contributed by atoms with Crippen molar-refractivity contribution in [3.8, 4) is 11.5 Å². The Balaban J connectivity index is 4.42. The Bertz CT molecular complexity index is 309. The van der Waals surface area contributed by atoms with Gasteiger partial charge in [-0.15, -0.1) is 5.54 Å². The summed E-state index contributed by atoms with van der Waals surface area (Å²) in [4.78, 5) is 21.2. The first-order valence-corrected chi connectivity index (χ1v) is 9.10. The van der Waals surface area contributed by atoms with Crippen molar-refractivity contribution in [3.63, 3.8) is 0 Å². The summed E-state index contributed by atoms with van der Waals surface area (Å²) in [5.74, 6) is 2.96. The van der Waals surface area contributed by atoms with Crippen molar-refractivity contribution in [3.05, 3.63) is 0 Å². The Hall–Kier alpha value is -1.28. The first kappa shape index (κ1) is 15.7. The summed E-state index contributed by atoms with van der Waals surface area (Å²) in [6.45, 7) is 6.34. The van der Waals surface area contributed by atoms with Crippen LogP contribution in [0.3, 0.4) is 0 Å². The third kappa shape index (κ3) is 9.63. The van der Waals surface area contributed by atoms with E-state index in [-0.39, 0.29) is 0 Å². The zero-order valence-electron chi connectivity index (χ0n) is 10.9. The first-order chi connectivity index (χ1) is 7.89. The van der Waals surface area contributed by atoms with Gasteiger partial charge in [0.2, 0.25) is 0 Å². The molecule has 0 aromatic carbocycles. The quantitative estimate of drug-likeness (QED) is 0.249. The lowest BCUT2D eigenvalue weighted by Gasteiger charge is -2.12. The Morgan fingerprint density at radius 2 is 2.06 bits per heavy atom. The van der Waals surface area contributed by atoms with Crippen molar-refractivity contribution >= 4 is 20.5 Å². The van der Waals surface area contributed by atoms with Gasteiger partial charge in [0.25, 0.3) is 0 Å². The number of ether oxygens (including phenoxy) is 2. The van der Waals surface area contributed by atoms with Gasteiger partial charge in [0.05, 0.1) is 7.11 Å². The number of unbranched alkanes of at least 4 members (excludes halogenated alkanes) is 1. The van der Waals surface area contributed by atoms with Gasteiger partial charge in [-0.1, -0.05) is 25.6 Å². The van der Waals surface area contributed by atoms with Gasteiger partial charge in [0, 0.05) is 6.42 Å². The molecule has 0 aliphatic heterocycles. The second kappa shape index (κ2) is 7.90. The molecule has 0 spiro atoms. The van der Waals surface area contributed by atoms with Crippen LogP contribution in [0.25, 0.3) is 0 Å². The molecule has 0 saturated heterocycles. The van der Waals surface area contributed by atoms with E-state index < -0.39 is 20.3 Å². The molecule has 0 heterocycles. The molecule has 0 bridgehead atoms. The summed E-state index contributed by atoms with van der Waals surface area (Å²) < 4.78 is 9.44. The monoisotopic (exact) mass is 256 g/mol. The van der Waals surface area contributed by atoms with E-state index in [1.807, 2.05) is 0 Å². The summed E-state index contributed by atoms with van der Waals surface area (Å²) in [7, 11) is -0.231. The SMILES string of the molecule is COC(=O)OC(C#C[Si](C)(C)C)CCCC=O. The molecule has 5 heteroatoms. The summed E-state index contributed by atoms with van der Waals surface area (Å²) >= 11 is 0. The van der Waals surface area contributed by atoms with Crippen LogP contribution in [0.2, 0.25) is 19.6 Å². The molecule has 0 saturated carbocycles. The molecule has 1 unspecified atom stereocenters. The fraction of sp³-hybridized carbons (Fsp3) is 0.667. The van der Waals surface area contributed by atoms with Crippen LogP contribution in [0.1, 0.15) is 19.3 Å². The van der Waals surface area contributed by atoms with Gasteiger partial charge in [-0.05, 0) is 12.8 Å². The van der Waals surface area contributed by atoms with Crippen LogP contribution in [-0.4, -0.2) is 33.7 Å². The average Bonchev–Trinajstić information content (AvgIpc) is 2.24. The van der Waals surface area contributed by atoms with Gasteiger partial charge in [0.1, 0.15) is 14.4 Å². The molecule has 17 heavy (non-hydrogen) atoms. The zero-order chi connectivity index (χ0) is 13.3. The smallest absolute Gasteiger partial charge is 0.438 e. The number of rotatable bonds is 5. The Kier molecular flexibility index (Phi) is 7.31. The van der Waals surface area contributed by atoms with E-state index in [1.54, 1.807) is 0 Å². The molecule has 4 nitrogen and oxygen atoms in total. The number of hydrogen-bond donors (Lipinski definition) is 0. The Morgan fingerprint density at radius 3 is 2.53 bits per heavy atom. The highest BCUT2D eigenvalue weighted by molar-refractivity contribution is 6.83. The molecule has 96 valence electrons. The molecule has 0 amide bonds. The molecule has 0 aromatic rings. The maximum atomic E-state index is 11.0. The minimum atomic E-state index is -1.49. The van der Waals surface area contributed by atoms with E-state index in [0.29, 0.717) is 19.3 Å². The molecule has 0 aromatic heterocycles. The lowest BCUT2D eigenvalue weighted by Crippen LogP contribution is -2.21. The number of methoxy groups -OCH3 is 1. The van der Waals surface area contributed by atoms with Crippen LogP contribution in [0, 0.1) is 11.5 Å². The van der Waals surface area contributed by atoms with Crippen LogP contribution in [0.4, 0.5) is 4.79 Å². The maximum absolute atomic E-state index is 11.0. The Labute approximate surface area is 104 Å². The largest absolute Gasteiger partial charge is 0.509 e. The van der Waals surface area contributed by atoms with E-state index in [9.17, 15) is 9.59 Å². The molecule has 0 N–H and O–H groups in total. The summed E-state index contributed by atoms with van der Waals surface area (Å²) in [5, 5.41) is 0. The van der Waals surface area contributed by atoms with Gasteiger partial charge in [-0.25, -0.2) is 4.79 Å². The molecular weight excluding hydrogens is 236 g/mol. The van der Waals surface area contributed by atoms with Crippen LogP contribution in [-0.2, 0) is 14.3 Å². The molecule has 0 rings (SSSR count). The first-order valence-electron chi connectivity index (χ1n) is 5.60. The molecule has 0 aliphatic carbocycles. The van der Waals surface area contributed by atoms with Gasteiger partial charge in [0.15, 0.2) is 6.10 Å². The maximum Gasteiger partial charge on any atom is 0.509 e. The standard InChI is InChI=1S/C12H20O4Si/c1-15-12(14)16-11(7-5-6-9-13)8-10-17(2,3)4/h9,11H,5-7H2,1-4H3. The Morgan fingerprint density at radius 1 is 1.41 bits per heavy atom. The second-order valence-corrected chi connectivity index (χ2v) is 9.43. The number of carbonyl (C=O) groups is 2. The second-order valence-electron chi connectivity index (χ2n) is 4.68. The predicted octanol–water partition coefficient (Wildman–Crippen LogP) is 2.39. The van der Waals surface area contributed by atoms with Crippen molar-refractivity contribution in [1.29, 1.82) is 0 Å². The predicted molar refractivity (Wildman–Crippen MR) is 68.3 cm³/mol. The fourth-order valence-corrected chi connectivity index (χ4v) is 1.60. The average molecular weight is 256 g/mol. The van der Waals surface area contributed by atoms with Crippen molar-refractivity contribution in [2.24, 2.45) is 0 Å². The topological polar surface area (TPSA) is 52.6 Å².